The quantitative estimate of drug-likeness (QED) is 0.507. The van der Waals surface area contributed by atoms with Crippen molar-refractivity contribution in [1.82, 2.24) is 15.6 Å². The summed E-state index contributed by atoms with van der Waals surface area (Å²) in [7, 11) is 0. The van der Waals surface area contributed by atoms with Crippen LogP contribution in [-0.4, -0.2) is 21.7 Å². The normalized spacial score (nSPS) is 15.2. The van der Waals surface area contributed by atoms with Crippen LogP contribution in [0, 0.1) is 0 Å². The lowest BCUT2D eigenvalue weighted by Gasteiger charge is -1.96. The molecule has 6 heteroatoms. The Hall–Kier alpha value is -2.47. The minimum atomic E-state index is 0.506. The molecule has 0 unspecified atom stereocenters. The van der Waals surface area contributed by atoms with E-state index >= 15 is 0 Å². The second-order valence-corrected chi connectivity index (χ2v) is 4.46. The van der Waals surface area contributed by atoms with Gasteiger partial charge in [-0.15, -0.1) is 0 Å². The number of nitrogens with one attached hydrogen (secondary N) is 1. The van der Waals surface area contributed by atoms with Gasteiger partial charge >= 0.3 is 0 Å². The molecule has 1 aromatic carbocycles. The van der Waals surface area contributed by atoms with E-state index in [2.05, 4.69) is 15.1 Å². The molecule has 0 radical (unpaired) electrons. The summed E-state index contributed by atoms with van der Waals surface area (Å²) in [6.07, 6.45) is 3.94. The summed E-state index contributed by atoms with van der Waals surface area (Å²) < 4.78 is 5.34. The first-order chi connectivity index (χ1) is 9.88. The van der Waals surface area contributed by atoms with Gasteiger partial charge in [0.15, 0.2) is 0 Å². The molecule has 0 saturated carbocycles. The van der Waals surface area contributed by atoms with Gasteiger partial charge in [0.2, 0.25) is 5.82 Å². The number of aliphatic imine (C=N–C) groups is 1. The number of rotatable bonds is 4. The highest BCUT2D eigenvalue weighted by Crippen LogP contribution is 2.34. The third kappa shape index (κ3) is 2.46. The Labute approximate surface area is 115 Å². The fourth-order valence-corrected chi connectivity index (χ4v) is 2.26. The summed E-state index contributed by atoms with van der Waals surface area (Å²) >= 11 is 0. The van der Waals surface area contributed by atoms with Crippen LogP contribution in [0.3, 0.4) is 0 Å². The molecule has 1 heterocycles. The van der Waals surface area contributed by atoms with E-state index in [0.29, 0.717) is 11.7 Å². The highest BCUT2D eigenvalue weighted by molar-refractivity contribution is 5.69. The number of benzene rings is 1. The minimum absolute atomic E-state index is 0.506. The summed E-state index contributed by atoms with van der Waals surface area (Å²) in [6, 6.07) is 9.68. The van der Waals surface area contributed by atoms with Crippen molar-refractivity contribution in [1.29, 1.82) is 0 Å². The summed E-state index contributed by atoms with van der Waals surface area (Å²) in [6.45, 7) is 0. The van der Waals surface area contributed by atoms with Crippen LogP contribution in [-0.2, 0) is 0 Å². The average molecular weight is 270 g/mol. The van der Waals surface area contributed by atoms with Crippen molar-refractivity contribution in [2.24, 2.45) is 4.99 Å². The summed E-state index contributed by atoms with van der Waals surface area (Å²) in [5.74, 6) is 1.08. The second kappa shape index (κ2) is 5.66. The van der Waals surface area contributed by atoms with Crippen molar-refractivity contribution in [2.75, 3.05) is 0 Å². The lowest BCUT2D eigenvalue weighted by atomic mass is 10.2. The molecule has 0 atom stereocenters. The van der Waals surface area contributed by atoms with Crippen LogP contribution >= 0.6 is 0 Å². The van der Waals surface area contributed by atoms with Crippen LogP contribution in [0.1, 0.15) is 25.2 Å². The molecule has 0 saturated heterocycles. The van der Waals surface area contributed by atoms with Crippen LogP contribution < -0.4 is 5.48 Å². The number of aromatic nitrogens is 2. The zero-order valence-corrected chi connectivity index (χ0v) is 10.8. The van der Waals surface area contributed by atoms with Gasteiger partial charge in [-0.1, -0.05) is 35.5 Å². The van der Waals surface area contributed by atoms with Gasteiger partial charge in [0.05, 0.1) is 5.70 Å². The smallest absolute Gasteiger partial charge is 0.256 e. The van der Waals surface area contributed by atoms with Crippen LogP contribution in [0.25, 0.3) is 17.0 Å². The molecule has 0 fully saturated rings. The first-order valence-electron chi connectivity index (χ1n) is 6.42. The Kier molecular flexibility index (Phi) is 3.56. The fraction of sp³-hybridized carbons (Fsp3) is 0.214. The Bertz CT molecular complexity index is 646. The molecule has 3 rings (SSSR count). The van der Waals surface area contributed by atoms with Crippen LogP contribution in [0.2, 0.25) is 0 Å². The van der Waals surface area contributed by atoms with Gasteiger partial charge in [0.25, 0.3) is 5.89 Å². The topological polar surface area (TPSA) is 83.5 Å². The number of allylic oxidation sites excluding steroid dienone is 2. The van der Waals surface area contributed by atoms with E-state index in [-0.39, 0.29) is 0 Å². The molecule has 1 aromatic heterocycles. The highest BCUT2D eigenvalue weighted by atomic mass is 16.5. The van der Waals surface area contributed by atoms with Gasteiger partial charge in [-0.05, 0) is 19.3 Å². The summed E-state index contributed by atoms with van der Waals surface area (Å²) in [4.78, 5) is 8.58. The first-order valence-corrected chi connectivity index (χ1v) is 6.42. The number of hydrogen-bond acceptors (Lipinski definition) is 5. The third-order valence-corrected chi connectivity index (χ3v) is 3.18. The molecule has 1 aliphatic carbocycles. The Morgan fingerprint density at radius 3 is 2.90 bits per heavy atom. The average Bonchev–Trinajstić information content (AvgIpc) is 3.14. The van der Waals surface area contributed by atoms with Crippen molar-refractivity contribution in [3.8, 4) is 11.4 Å². The molecule has 0 aliphatic heterocycles. The van der Waals surface area contributed by atoms with Gasteiger partial charge < -0.3 is 4.52 Å². The summed E-state index contributed by atoms with van der Waals surface area (Å²) in [5, 5.41) is 12.6. The van der Waals surface area contributed by atoms with Crippen molar-refractivity contribution >= 4 is 11.9 Å². The molecule has 2 aromatic rings. The van der Waals surface area contributed by atoms with Crippen molar-refractivity contribution in [3.05, 3.63) is 41.9 Å². The molecular formula is C14H14N4O2. The Balaban J connectivity index is 1.92. The van der Waals surface area contributed by atoms with E-state index in [1.807, 2.05) is 35.8 Å². The van der Waals surface area contributed by atoms with E-state index in [9.17, 15) is 0 Å². The van der Waals surface area contributed by atoms with Crippen LogP contribution in [0.4, 0.5) is 0 Å². The maximum Gasteiger partial charge on any atom is 0.256 e. The van der Waals surface area contributed by atoms with E-state index in [1.54, 1.807) is 0 Å². The van der Waals surface area contributed by atoms with E-state index in [4.69, 9.17) is 9.73 Å². The van der Waals surface area contributed by atoms with Gasteiger partial charge in [0, 0.05) is 11.1 Å². The fourth-order valence-electron chi connectivity index (χ4n) is 2.26. The molecule has 0 spiro atoms. The predicted octanol–water partition coefficient (Wildman–Crippen LogP) is 2.64. The molecule has 0 amide bonds. The zero-order valence-electron chi connectivity index (χ0n) is 10.8. The maximum atomic E-state index is 8.56. The Morgan fingerprint density at radius 2 is 2.10 bits per heavy atom. The molecule has 6 nitrogen and oxygen atoms in total. The van der Waals surface area contributed by atoms with E-state index in [1.165, 1.54) is 6.34 Å². The van der Waals surface area contributed by atoms with Crippen molar-refractivity contribution in [3.63, 3.8) is 0 Å². The maximum absolute atomic E-state index is 8.56. The predicted molar refractivity (Wildman–Crippen MR) is 73.9 cm³/mol. The lowest BCUT2D eigenvalue weighted by Crippen LogP contribution is -2.02. The zero-order chi connectivity index (χ0) is 13.8. The molecule has 1 aliphatic rings. The van der Waals surface area contributed by atoms with Gasteiger partial charge in [-0.3, -0.25) is 10.7 Å². The number of hydrogen-bond donors (Lipinski definition) is 2. The van der Waals surface area contributed by atoms with Gasteiger partial charge in [0.1, 0.15) is 6.34 Å². The number of hydroxylamine groups is 1. The van der Waals surface area contributed by atoms with E-state index in [0.717, 1.165) is 36.1 Å². The monoisotopic (exact) mass is 270 g/mol. The lowest BCUT2D eigenvalue weighted by molar-refractivity contribution is 0.239. The molecule has 0 bridgehead atoms. The van der Waals surface area contributed by atoms with Gasteiger partial charge in [-0.2, -0.15) is 4.98 Å². The largest absolute Gasteiger partial charge is 0.334 e. The summed E-state index contributed by atoms with van der Waals surface area (Å²) in [5.41, 5.74) is 4.65. The first kappa shape index (κ1) is 12.6. The molecule has 102 valence electrons. The van der Waals surface area contributed by atoms with Crippen LogP contribution in [0.15, 0.2) is 45.5 Å². The van der Waals surface area contributed by atoms with Gasteiger partial charge in [-0.25, -0.2) is 4.99 Å². The SMILES string of the molecule is ONC=NC1=C(c2nc(-c3ccccc3)no2)CCC1. The van der Waals surface area contributed by atoms with Crippen molar-refractivity contribution < 1.29 is 9.73 Å². The third-order valence-electron chi connectivity index (χ3n) is 3.18. The Morgan fingerprint density at radius 1 is 1.25 bits per heavy atom. The minimum Gasteiger partial charge on any atom is -0.334 e. The highest BCUT2D eigenvalue weighted by Gasteiger charge is 2.21. The number of nitrogens with zero attached hydrogens (tertiary/aromatic N) is 3. The molecular weight excluding hydrogens is 256 g/mol. The molecule has 20 heavy (non-hydrogen) atoms. The van der Waals surface area contributed by atoms with Crippen molar-refractivity contribution in [2.45, 2.75) is 19.3 Å². The second-order valence-electron chi connectivity index (χ2n) is 4.46. The van der Waals surface area contributed by atoms with Crippen LogP contribution in [0.5, 0.6) is 0 Å². The standard InChI is InChI=1S/C14H14N4O2/c19-16-9-15-12-8-4-7-11(12)14-17-13(18-20-14)10-5-2-1-3-6-10/h1-3,5-6,9,19H,4,7-8H2,(H,15,16). The van der Waals surface area contributed by atoms with E-state index < -0.39 is 0 Å². The molecule has 2 N–H and O–H groups in total.